The van der Waals surface area contributed by atoms with Gasteiger partial charge in [0.2, 0.25) is 0 Å². The molecule has 0 fully saturated rings. The first kappa shape index (κ1) is 13.0. The van der Waals surface area contributed by atoms with Crippen LogP contribution in [0.15, 0.2) is 36.4 Å². The highest BCUT2D eigenvalue weighted by atomic mass is 19.1. The van der Waals surface area contributed by atoms with Gasteiger partial charge in [-0.25, -0.2) is 4.39 Å². The summed E-state index contributed by atoms with van der Waals surface area (Å²) in [6.45, 7) is 2.16. The minimum absolute atomic E-state index is 0.199. The Kier molecular flexibility index (Phi) is 3.75. The second-order valence-electron chi connectivity index (χ2n) is 4.23. The minimum Gasteiger partial charge on any atom is -0.399 e. The van der Waals surface area contributed by atoms with Crippen molar-refractivity contribution in [3.8, 4) is 0 Å². The Morgan fingerprint density at radius 2 is 2.16 bits per heavy atom. The van der Waals surface area contributed by atoms with E-state index in [0.717, 1.165) is 17.5 Å². The Morgan fingerprint density at radius 1 is 1.37 bits per heavy atom. The van der Waals surface area contributed by atoms with Crippen molar-refractivity contribution in [1.29, 1.82) is 0 Å². The molecular weight excluding hydrogens is 245 g/mol. The molecule has 98 valence electrons. The highest BCUT2D eigenvalue weighted by molar-refractivity contribution is 5.94. The van der Waals surface area contributed by atoms with Crippen LogP contribution in [0.25, 0.3) is 0 Å². The molecule has 0 aliphatic heterocycles. The Bertz CT molecular complexity index is 593. The van der Waals surface area contributed by atoms with Crippen LogP contribution >= 0.6 is 0 Å². The van der Waals surface area contributed by atoms with E-state index in [0.29, 0.717) is 0 Å². The Labute approximate surface area is 110 Å². The summed E-state index contributed by atoms with van der Waals surface area (Å²) in [5.41, 5.74) is 7.54. The van der Waals surface area contributed by atoms with Gasteiger partial charge in [0.1, 0.15) is 5.82 Å². The maximum atomic E-state index is 13.1. The molecule has 5 heteroatoms. The van der Waals surface area contributed by atoms with Crippen molar-refractivity contribution in [2.75, 3.05) is 5.73 Å². The minimum atomic E-state index is -0.529. The van der Waals surface area contributed by atoms with Gasteiger partial charge in [-0.2, -0.15) is 0 Å². The Hall–Kier alpha value is -2.43. The summed E-state index contributed by atoms with van der Waals surface area (Å²) in [5.74, 6) is -0.909. The molecule has 4 nitrogen and oxygen atoms in total. The fourth-order valence-electron chi connectivity index (χ4n) is 1.71. The van der Waals surface area contributed by atoms with Gasteiger partial charge in [-0.15, -0.1) is 0 Å². The highest BCUT2D eigenvalue weighted by Gasteiger charge is 2.08. The number of carbonyl (C=O) groups is 1. The van der Waals surface area contributed by atoms with E-state index < -0.39 is 5.82 Å². The van der Waals surface area contributed by atoms with E-state index in [-0.39, 0.29) is 23.7 Å². The van der Waals surface area contributed by atoms with Gasteiger partial charge in [-0.3, -0.25) is 9.78 Å². The molecule has 19 heavy (non-hydrogen) atoms. The Balaban J connectivity index is 2.05. The predicted octanol–water partition coefficient (Wildman–Crippen LogP) is 2.04. The number of hydrogen-bond donors (Lipinski definition) is 2. The molecule has 2 rings (SSSR count). The lowest BCUT2D eigenvalue weighted by Gasteiger charge is -2.06. The summed E-state index contributed by atoms with van der Waals surface area (Å²) in [5, 5.41) is 2.67. The fourth-order valence-corrected chi connectivity index (χ4v) is 1.71. The van der Waals surface area contributed by atoms with Crippen LogP contribution in [0.1, 0.15) is 21.7 Å². The second kappa shape index (κ2) is 5.48. The first-order valence-electron chi connectivity index (χ1n) is 5.81. The summed E-state index contributed by atoms with van der Waals surface area (Å²) in [7, 11) is 0. The van der Waals surface area contributed by atoms with E-state index in [9.17, 15) is 9.18 Å². The number of nitrogens with zero attached hydrogens (tertiary/aromatic N) is 1. The number of aryl methyl sites for hydroxylation is 1. The Morgan fingerprint density at radius 3 is 2.84 bits per heavy atom. The number of anilines is 1. The van der Waals surface area contributed by atoms with Gasteiger partial charge in [0.05, 0.1) is 12.2 Å². The SMILES string of the molecule is Cc1cccc(CNC(=O)c2cc(N)cc(F)c2)n1. The molecular formula is C14H14FN3O. The van der Waals surface area contributed by atoms with E-state index in [1.807, 2.05) is 25.1 Å². The van der Waals surface area contributed by atoms with E-state index in [2.05, 4.69) is 10.3 Å². The summed E-state index contributed by atoms with van der Waals surface area (Å²) >= 11 is 0. The first-order valence-corrected chi connectivity index (χ1v) is 5.81. The zero-order valence-corrected chi connectivity index (χ0v) is 10.5. The monoisotopic (exact) mass is 259 g/mol. The van der Waals surface area contributed by atoms with Crippen LogP contribution < -0.4 is 11.1 Å². The molecule has 0 saturated heterocycles. The number of benzene rings is 1. The molecule has 2 aromatic rings. The van der Waals surface area contributed by atoms with Crippen LogP contribution in [0.4, 0.5) is 10.1 Å². The first-order chi connectivity index (χ1) is 9.04. The summed E-state index contributed by atoms with van der Waals surface area (Å²) in [6, 6.07) is 9.30. The van der Waals surface area contributed by atoms with Crippen LogP contribution in [0.3, 0.4) is 0 Å². The molecule has 0 bridgehead atoms. The molecule has 0 atom stereocenters. The van der Waals surface area contributed by atoms with Crippen molar-refractivity contribution in [2.45, 2.75) is 13.5 Å². The molecule has 1 heterocycles. The van der Waals surface area contributed by atoms with Crippen LogP contribution in [0.2, 0.25) is 0 Å². The molecule has 3 N–H and O–H groups in total. The van der Waals surface area contributed by atoms with E-state index in [4.69, 9.17) is 5.73 Å². The van der Waals surface area contributed by atoms with Crippen LogP contribution in [0.5, 0.6) is 0 Å². The average Bonchev–Trinajstić information content (AvgIpc) is 2.35. The normalized spacial score (nSPS) is 10.2. The number of pyridine rings is 1. The van der Waals surface area contributed by atoms with Crippen molar-refractivity contribution in [1.82, 2.24) is 10.3 Å². The maximum Gasteiger partial charge on any atom is 0.251 e. The molecule has 1 amide bonds. The van der Waals surface area contributed by atoms with Crippen molar-refractivity contribution in [2.24, 2.45) is 0 Å². The van der Waals surface area contributed by atoms with Crippen LogP contribution in [-0.4, -0.2) is 10.9 Å². The molecule has 0 saturated carbocycles. The maximum absolute atomic E-state index is 13.1. The van der Waals surface area contributed by atoms with E-state index in [1.54, 1.807) is 0 Å². The third-order valence-corrected chi connectivity index (χ3v) is 2.56. The molecule has 0 radical (unpaired) electrons. The van der Waals surface area contributed by atoms with Gasteiger partial charge >= 0.3 is 0 Å². The number of nitrogens with two attached hydrogens (primary N) is 1. The lowest BCUT2D eigenvalue weighted by Crippen LogP contribution is -2.23. The number of amides is 1. The van der Waals surface area contributed by atoms with Gasteiger partial charge in [0.15, 0.2) is 0 Å². The third kappa shape index (κ3) is 3.51. The van der Waals surface area contributed by atoms with Gasteiger partial charge in [-0.1, -0.05) is 6.07 Å². The lowest BCUT2D eigenvalue weighted by molar-refractivity contribution is 0.0950. The van der Waals surface area contributed by atoms with Gasteiger partial charge in [0.25, 0.3) is 5.91 Å². The largest absolute Gasteiger partial charge is 0.399 e. The molecule has 0 spiro atoms. The van der Waals surface area contributed by atoms with Crippen molar-refractivity contribution in [3.05, 3.63) is 59.2 Å². The fraction of sp³-hybridized carbons (Fsp3) is 0.143. The molecule has 0 aliphatic carbocycles. The molecule has 1 aromatic carbocycles. The smallest absolute Gasteiger partial charge is 0.251 e. The van der Waals surface area contributed by atoms with E-state index in [1.165, 1.54) is 12.1 Å². The summed E-state index contributed by atoms with van der Waals surface area (Å²) in [4.78, 5) is 16.1. The van der Waals surface area contributed by atoms with Gasteiger partial charge < -0.3 is 11.1 Å². The highest BCUT2D eigenvalue weighted by Crippen LogP contribution is 2.10. The molecule has 0 unspecified atom stereocenters. The number of halogens is 1. The summed E-state index contributed by atoms with van der Waals surface area (Å²) in [6.07, 6.45) is 0. The average molecular weight is 259 g/mol. The number of aromatic nitrogens is 1. The molecule has 1 aromatic heterocycles. The van der Waals surface area contributed by atoms with Crippen molar-refractivity contribution in [3.63, 3.8) is 0 Å². The van der Waals surface area contributed by atoms with Crippen LogP contribution in [-0.2, 0) is 6.54 Å². The van der Waals surface area contributed by atoms with Crippen molar-refractivity contribution >= 4 is 11.6 Å². The van der Waals surface area contributed by atoms with Crippen molar-refractivity contribution < 1.29 is 9.18 Å². The van der Waals surface area contributed by atoms with Gasteiger partial charge in [-0.05, 0) is 37.3 Å². The quantitative estimate of drug-likeness (QED) is 0.829. The number of hydrogen-bond acceptors (Lipinski definition) is 3. The number of rotatable bonds is 3. The zero-order chi connectivity index (χ0) is 13.8. The van der Waals surface area contributed by atoms with E-state index >= 15 is 0 Å². The topological polar surface area (TPSA) is 68.0 Å². The summed E-state index contributed by atoms with van der Waals surface area (Å²) < 4.78 is 13.1. The van der Waals surface area contributed by atoms with Gasteiger partial charge in [0, 0.05) is 16.9 Å². The number of nitrogen functional groups attached to an aromatic ring is 1. The molecule has 0 aliphatic rings. The zero-order valence-electron chi connectivity index (χ0n) is 10.5. The number of nitrogens with one attached hydrogen (secondary N) is 1. The number of carbonyl (C=O) groups excluding carboxylic acids is 1. The lowest BCUT2D eigenvalue weighted by atomic mass is 10.2. The van der Waals surface area contributed by atoms with Crippen LogP contribution in [0, 0.1) is 12.7 Å². The standard InChI is InChI=1S/C14H14FN3O/c1-9-3-2-4-13(18-9)8-17-14(19)10-5-11(15)7-12(16)6-10/h2-7H,8,16H2,1H3,(H,17,19). The second-order valence-corrected chi connectivity index (χ2v) is 4.23. The predicted molar refractivity (Wildman–Crippen MR) is 71.0 cm³/mol. The third-order valence-electron chi connectivity index (χ3n) is 2.56.